The topological polar surface area (TPSA) is 111 Å². The smallest absolute Gasteiger partial charge is 0.404 e. The number of alkyl halides is 3. The molecule has 0 bridgehead atoms. The van der Waals surface area contributed by atoms with Crippen molar-refractivity contribution in [1.29, 1.82) is 0 Å². The first-order chi connectivity index (χ1) is 13.4. The second-order valence-electron chi connectivity index (χ2n) is 5.86. The van der Waals surface area contributed by atoms with Crippen molar-refractivity contribution in [1.82, 2.24) is 9.55 Å². The van der Waals surface area contributed by atoms with Crippen molar-refractivity contribution < 1.29 is 26.3 Å². The lowest BCUT2D eigenvalue weighted by molar-refractivity contribution is -0.274. The van der Waals surface area contributed by atoms with Crippen LogP contribution in [0, 0.1) is 0 Å². The summed E-state index contributed by atoms with van der Waals surface area (Å²) in [6.45, 7) is 0. The van der Waals surface area contributed by atoms with E-state index in [0.29, 0.717) is 11.2 Å². The van der Waals surface area contributed by atoms with Gasteiger partial charge in [0, 0.05) is 7.05 Å². The van der Waals surface area contributed by atoms with Crippen molar-refractivity contribution in [2.24, 2.45) is 12.2 Å². The zero-order chi connectivity index (χ0) is 21.4. The van der Waals surface area contributed by atoms with Gasteiger partial charge in [-0.05, 0) is 42.5 Å². The van der Waals surface area contributed by atoms with Crippen molar-refractivity contribution in [2.75, 3.05) is 10.6 Å². The van der Waals surface area contributed by atoms with Gasteiger partial charge in [-0.25, -0.2) is 18.5 Å². The van der Waals surface area contributed by atoms with Crippen LogP contribution in [0.15, 0.2) is 47.6 Å². The van der Waals surface area contributed by atoms with Gasteiger partial charge in [0.25, 0.3) is 0 Å². The Morgan fingerprint density at radius 2 is 1.90 bits per heavy atom. The van der Waals surface area contributed by atoms with E-state index in [4.69, 9.17) is 17.4 Å². The van der Waals surface area contributed by atoms with E-state index in [9.17, 15) is 21.6 Å². The molecule has 154 valence electrons. The summed E-state index contributed by atoms with van der Waals surface area (Å²) >= 11 is 5.15. The van der Waals surface area contributed by atoms with E-state index in [1.165, 1.54) is 0 Å². The van der Waals surface area contributed by atoms with Crippen LogP contribution >= 0.6 is 12.2 Å². The van der Waals surface area contributed by atoms with Gasteiger partial charge in [0.1, 0.15) is 5.52 Å². The average molecular weight is 445 g/mol. The predicted molar refractivity (Wildman–Crippen MR) is 105 cm³/mol. The van der Waals surface area contributed by atoms with Crippen molar-refractivity contribution in [3.05, 3.63) is 42.7 Å². The molecule has 0 spiro atoms. The summed E-state index contributed by atoms with van der Waals surface area (Å²) in [6.07, 6.45) is -3.40. The van der Waals surface area contributed by atoms with E-state index in [-0.39, 0.29) is 10.8 Å². The number of aryl methyl sites for hydroxylation is 1. The van der Waals surface area contributed by atoms with Gasteiger partial charge in [-0.1, -0.05) is 6.07 Å². The lowest BCUT2D eigenvalue weighted by Crippen LogP contribution is -2.23. The number of sulfonamides is 1. The van der Waals surface area contributed by atoms with Crippen LogP contribution in [0.2, 0.25) is 0 Å². The predicted octanol–water partition coefficient (Wildman–Crippen LogP) is 2.93. The third kappa shape index (κ3) is 4.93. The van der Waals surface area contributed by atoms with Gasteiger partial charge >= 0.3 is 6.36 Å². The number of hydrogen-bond donors (Lipinski definition) is 3. The molecule has 8 nitrogen and oxygen atoms in total. The zero-order valence-corrected chi connectivity index (χ0v) is 16.3. The van der Waals surface area contributed by atoms with E-state index >= 15 is 0 Å². The molecule has 0 aliphatic rings. The molecule has 3 aromatic rings. The molecule has 0 radical (unpaired) electrons. The van der Waals surface area contributed by atoms with Crippen LogP contribution in [-0.2, 0) is 17.1 Å². The Kier molecular flexibility index (Phi) is 5.38. The number of imidazole rings is 1. The summed E-state index contributed by atoms with van der Waals surface area (Å²) in [5, 5.41) is 10.3. The SMILES string of the molecule is Cn1cnc2c(NC(=S)Nc3cc(S(N)(=O)=O)ccc3OC(F)(F)F)cccc21. The number of nitrogens with two attached hydrogens (primary N) is 1. The van der Waals surface area contributed by atoms with Gasteiger partial charge < -0.3 is 19.9 Å². The maximum atomic E-state index is 12.7. The number of nitrogens with zero attached hydrogens (tertiary/aromatic N) is 2. The number of rotatable bonds is 4. The molecule has 0 saturated heterocycles. The van der Waals surface area contributed by atoms with Gasteiger partial charge in [-0.3, -0.25) is 0 Å². The van der Waals surface area contributed by atoms with E-state index in [1.54, 1.807) is 30.1 Å². The number of aromatic nitrogens is 2. The summed E-state index contributed by atoms with van der Waals surface area (Å²) in [4.78, 5) is 3.82. The Balaban J connectivity index is 1.91. The second kappa shape index (κ2) is 7.50. The highest BCUT2D eigenvalue weighted by molar-refractivity contribution is 7.89. The van der Waals surface area contributed by atoms with Crippen LogP contribution in [0.4, 0.5) is 24.5 Å². The molecule has 4 N–H and O–H groups in total. The van der Waals surface area contributed by atoms with Crippen LogP contribution in [0.25, 0.3) is 11.0 Å². The summed E-state index contributed by atoms with van der Waals surface area (Å²) in [5.74, 6) is -0.676. The molecule has 1 heterocycles. The maximum Gasteiger partial charge on any atom is 0.573 e. The highest BCUT2D eigenvalue weighted by Gasteiger charge is 2.32. The zero-order valence-electron chi connectivity index (χ0n) is 14.7. The first kappa shape index (κ1) is 20.8. The van der Waals surface area contributed by atoms with Crippen LogP contribution in [0.5, 0.6) is 5.75 Å². The van der Waals surface area contributed by atoms with E-state index < -0.39 is 27.0 Å². The van der Waals surface area contributed by atoms with Crippen LogP contribution in [0.3, 0.4) is 0 Å². The first-order valence-corrected chi connectivity index (χ1v) is 9.80. The average Bonchev–Trinajstić information content (AvgIpc) is 2.97. The Labute approximate surface area is 168 Å². The van der Waals surface area contributed by atoms with Gasteiger partial charge in [0.05, 0.1) is 28.1 Å². The Morgan fingerprint density at radius 1 is 1.21 bits per heavy atom. The number of fused-ring (bicyclic) bond motifs is 1. The molecule has 0 saturated carbocycles. The van der Waals surface area contributed by atoms with Crippen LogP contribution in [0.1, 0.15) is 0 Å². The molecule has 29 heavy (non-hydrogen) atoms. The third-order valence-electron chi connectivity index (χ3n) is 3.76. The fraction of sp³-hybridized carbons (Fsp3) is 0.125. The van der Waals surface area contributed by atoms with Gasteiger partial charge in [-0.2, -0.15) is 0 Å². The first-order valence-electron chi connectivity index (χ1n) is 7.85. The standard InChI is InChI=1S/C16H14F3N5O3S2/c1-24-8-21-14-10(3-2-4-12(14)24)22-15(28)23-11-7-9(29(20,25)26)5-6-13(11)27-16(17,18)19/h2-8H,1H3,(H2,20,25,26)(H2,22,23,28). The number of ether oxygens (including phenoxy) is 1. The molecule has 0 aliphatic carbocycles. The molecule has 0 amide bonds. The fourth-order valence-electron chi connectivity index (χ4n) is 2.53. The van der Waals surface area contributed by atoms with E-state index in [2.05, 4.69) is 20.4 Å². The molecule has 0 aliphatic heterocycles. The van der Waals surface area contributed by atoms with Crippen molar-refractivity contribution in [2.45, 2.75) is 11.3 Å². The minimum absolute atomic E-state index is 0.109. The number of thiocarbonyl (C=S) groups is 1. The lowest BCUT2D eigenvalue weighted by atomic mass is 10.2. The second-order valence-corrected chi connectivity index (χ2v) is 7.83. The quantitative estimate of drug-likeness (QED) is 0.530. The Morgan fingerprint density at radius 3 is 2.55 bits per heavy atom. The molecule has 2 aromatic carbocycles. The lowest BCUT2D eigenvalue weighted by Gasteiger charge is -2.17. The summed E-state index contributed by atoms with van der Waals surface area (Å²) in [7, 11) is -2.36. The van der Waals surface area contributed by atoms with Gasteiger partial charge in [0.2, 0.25) is 10.0 Å². The molecule has 13 heteroatoms. The van der Waals surface area contributed by atoms with Crippen LogP contribution in [-0.4, -0.2) is 29.4 Å². The van der Waals surface area contributed by atoms with Gasteiger partial charge in [-0.15, -0.1) is 13.2 Å². The number of halogens is 3. The number of para-hydroxylation sites is 1. The van der Waals surface area contributed by atoms with Crippen molar-refractivity contribution >= 4 is 49.8 Å². The Bertz CT molecular complexity index is 1190. The number of hydrogen-bond acceptors (Lipinski definition) is 5. The normalized spacial score (nSPS) is 12.0. The highest BCUT2D eigenvalue weighted by atomic mass is 32.2. The maximum absolute atomic E-state index is 12.7. The number of primary sulfonamides is 1. The molecule has 0 unspecified atom stereocenters. The molecule has 3 rings (SSSR count). The molecular formula is C16H14F3N5O3S2. The summed E-state index contributed by atoms with van der Waals surface area (Å²) in [6, 6.07) is 7.87. The van der Waals surface area contributed by atoms with Crippen LogP contribution < -0.4 is 20.5 Å². The summed E-state index contributed by atoms with van der Waals surface area (Å²) < 4.78 is 66.8. The monoisotopic (exact) mass is 445 g/mol. The largest absolute Gasteiger partial charge is 0.573 e. The molecule has 0 fully saturated rings. The third-order valence-corrected chi connectivity index (χ3v) is 4.87. The number of nitrogens with one attached hydrogen (secondary N) is 2. The molecule has 0 atom stereocenters. The molecular weight excluding hydrogens is 431 g/mol. The van der Waals surface area contributed by atoms with E-state index in [0.717, 1.165) is 23.7 Å². The molecule has 1 aromatic heterocycles. The Hall–Kier alpha value is -2.90. The number of benzene rings is 2. The van der Waals surface area contributed by atoms with Gasteiger partial charge in [0.15, 0.2) is 10.9 Å². The summed E-state index contributed by atoms with van der Waals surface area (Å²) in [5.41, 5.74) is 1.56. The number of anilines is 2. The highest BCUT2D eigenvalue weighted by Crippen LogP contribution is 2.32. The minimum atomic E-state index is -4.99. The van der Waals surface area contributed by atoms with E-state index in [1.807, 2.05) is 6.07 Å². The fourth-order valence-corrected chi connectivity index (χ4v) is 3.29. The van der Waals surface area contributed by atoms with Crippen molar-refractivity contribution in [3.8, 4) is 5.75 Å². The van der Waals surface area contributed by atoms with Crippen molar-refractivity contribution in [3.63, 3.8) is 0 Å². The minimum Gasteiger partial charge on any atom is -0.404 e.